The van der Waals surface area contributed by atoms with E-state index < -0.39 is 52.8 Å². The second-order valence-corrected chi connectivity index (χ2v) is 10.6. The van der Waals surface area contributed by atoms with Crippen molar-refractivity contribution < 1.29 is 37.4 Å². The summed E-state index contributed by atoms with van der Waals surface area (Å²) < 4.78 is 54.1. The first-order chi connectivity index (χ1) is 17.8. The van der Waals surface area contributed by atoms with Gasteiger partial charge in [-0.2, -0.15) is 13.2 Å². The van der Waals surface area contributed by atoms with E-state index in [1.54, 1.807) is 0 Å². The molecule has 1 aliphatic carbocycles. The van der Waals surface area contributed by atoms with E-state index in [9.17, 15) is 42.2 Å². The van der Waals surface area contributed by atoms with E-state index in [0.29, 0.717) is 12.8 Å². The molecule has 1 aliphatic heterocycles. The Morgan fingerprint density at radius 3 is 2.37 bits per heavy atom. The molecule has 206 valence electrons. The van der Waals surface area contributed by atoms with Gasteiger partial charge in [0.2, 0.25) is 5.91 Å². The monoisotopic (exact) mass is 538 g/mol. The largest absolute Gasteiger partial charge is 0.478 e. The second kappa shape index (κ2) is 10.2. The van der Waals surface area contributed by atoms with Crippen LogP contribution in [0, 0.1) is 17.2 Å². The molecular formula is C27H30F4N2O5. The fraction of sp³-hybridized carbons (Fsp3) is 0.519. The number of pyridine rings is 1. The molecule has 2 aromatic rings. The fourth-order valence-corrected chi connectivity index (χ4v) is 6.08. The topological polar surface area (TPSA) is 99.8 Å². The molecule has 2 atom stereocenters. The normalized spacial score (nSPS) is 22.0. The molecule has 2 aliphatic rings. The van der Waals surface area contributed by atoms with Crippen molar-refractivity contribution in [1.82, 2.24) is 9.47 Å². The number of alkyl halides is 3. The summed E-state index contributed by atoms with van der Waals surface area (Å²) in [6, 6.07) is 6.52. The van der Waals surface area contributed by atoms with Crippen LogP contribution < -0.4 is 5.56 Å². The van der Waals surface area contributed by atoms with Crippen molar-refractivity contribution in [3.8, 4) is 11.1 Å². The summed E-state index contributed by atoms with van der Waals surface area (Å²) in [5.74, 6) is -3.95. The highest BCUT2D eigenvalue weighted by Gasteiger charge is 2.56. The van der Waals surface area contributed by atoms with E-state index in [1.165, 1.54) is 30.0 Å². The zero-order chi connectivity index (χ0) is 27.9. The summed E-state index contributed by atoms with van der Waals surface area (Å²) >= 11 is 0. The Morgan fingerprint density at radius 2 is 1.76 bits per heavy atom. The highest BCUT2D eigenvalue weighted by molar-refractivity contribution is 5.95. The molecular weight excluding hydrogens is 508 g/mol. The standard InChI is InChI=1S/C27H30F4N2O5/c1-17(13-27(29,30)31)23(35)32-11-10-26(38,25(15-32)8-4-5-9-25)16-33-14-20(24(36)37)19(12-22(33)34)18-6-2-3-7-21(18)28/h2-3,6-7,12,14,17,38H,4-5,8-11,13,15-16H2,1H3,(H,36,37)/t17-,26?/m1/s1. The number of halogens is 4. The number of carbonyl (C=O) groups is 2. The quantitative estimate of drug-likeness (QED) is 0.529. The van der Waals surface area contributed by atoms with Gasteiger partial charge in [0.15, 0.2) is 0 Å². The number of likely N-dealkylation sites (tertiary alicyclic amines) is 1. The van der Waals surface area contributed by atoms with E-state index >= 15 is 0 Å². The number of carboxylic acid groups (broad SMARTS) is 1. The van der Waals surface area contributed by atoms with Gasteiger partial charge in [0, 0.05) is 47.8 Å². The number of aromatic nitrogens is 1. The van der Waals surface area contributed by atoms with Gasteiger partial charge in [-0.05, 0) is 25.3 Å². The Balaban J connectivity index is 1.65. The number of piperidine rings is 1. The van der Waals surface area contributed by atoms with Crippen LogP contribution in [0.4, 0.5) is 17.6 Å². The minimum atomic E-state index is -4.48. The number of aliphatic hydroxyl groups is 1. The van der Waals surface area contributed by atoms with E-state index in [0.717, 1.165) is 35.7 Å². The number of carboxylic acids is 1. The number of carbonyl (C=O) groups excluding carboxylic acids is 1. The smallest absolute Gasteiger partial charge is 0.389 e. The molecule has 1 aromatic carbocycles. The summed E-state index contributed by atoms with van der Waals surface area (Å²) in [6.07, 6.45) is -2.11. The predicted octanol–water partition coefficient (Wildman–Crippen LogP) is 4.46. The van der Waals surface area contributed by atoms with Crippen molar-refractivity contribution in [2.24, 2.45) is 11.3 Å². The SMILES string of the molecule is C[C@H](CC(F)(F)F)C(=O)N1CCC(O)(Cn2cc(C(=O)O)c(-c3ccccc3F)cc2=O)C2(CCCC2)C1. The molecule has 11 heteroatoms. The number of rotatable bonds is 6. The third-order valence-electron chi connectivity index (χ3n) is 8.06. The maximum atomic E-state index is 14.4. The molecule has 1 spiro atoms. The van der Waals surface area contributed by atoms with Gasteiger partial charge in [0.25, 0.3) is 5.56 Å². The first-order valence-corrected chi connectivity index (χ1v) is 12.6. The Hall–Kier alpha value is -3.21. The summed E-state index contributed by atoms with van der Waals surface area (Å²) in [5.41, 5.74) is -3.43. The van der Waals surface area contributed by atoms with Crippen LogP contribution in [0.3, 0.4) is 0 Å². The summed E-state index contributed by atoms with van der Waals surface area (Å²) in [7, 11) is 0. The molecule has 4 rings (SSSR count). The van der Waals surface area contributed by atoms with Crippen LogP contribution in [0.1, 0.15) is 55.8 Å². The van der Waals surface area contributed by atoms with E-state index in [2.05, 4.69) is 0 Å². The van der Waals surface area contributed by atoms with Gasteiger partial charge in [0.05, 0.1) is 24.1 Å². The van der Waals surface area contributed by atoms with Crippen LogP contribution in [0.25, 0.3) is 11.1 Å². The van der Waals surface area contributed by atoms with Crippen molar-refractivity contribution in [2.75, 3.05) is 13.1 Å². The summed E-state index contributed by atoms with van der Waals surface area (Å²) in [5, 5.41) is 21.7. The molecule has 38 heavy (non-hydrogen) atoms. The maximum absolute atomic E-state index is 14.4. The molecule has 1 amide bonds. The third-order valence-corrected chi connectivity index (χ3v) is 8.06. The van der Waals surface area contributed by atoms with E-state index in [-0.39, 0.29) is 42.7 Å². The Labute approximate surface area is 216 Å². The van der Waals surface area contributed by atoms with E-state index in [1.807, 2.05) is 0 Å². The Bertz CT molecular complexity index is 1280. The van der Waals surface area contributed by atoms with Gasteiger partial charge in [0.1, 0.15) is 5.82 Å². The van der Waals surface area contributed by atoms with Crippen molar-refractivity contribution in [2.45, 2.75) is 63.8 Å². The van der Waals surface area contributed by atoms with Crippen LogP contribution in [-0.2, 0) is 11.3 Å². The van der Waals surface area contributed by atoms with Gasteiger partial charge < -0.3 is 19.7 Å². The van der Waals surface area contributed by atoms with Crippen molar-refractivity contribution >= 4 is 11.9 Å². The molecule has 2 heterocycles. The lowest BCUT2D eigenvalue weighted by Gasteiger charge is -2.52. The van der Waals surface area contributed by atoms with Crippen LogP contribution >= 0.6 is 0 Å². The molecule has 1 saturated heterocycles. The summed E-state index contributed by atoms with van der Waals surface area (Å²) in [6.45, 7) is 1.04. The Morgan fingerprint density at radius 1 is 1.11 bits per heavy atom. The molecule has 0 bridgehead atoms. The number of aromatic carboxylic acids is 1. The molecule has 7 nitrogen and oxygen atoms in total. The number of hydrogen-bond acceptors (Lipinski definition) is 4. The molecule has 2 fully saturated rings. The number of hydrogen-bond donors (Lipinski definition) is 2. The molecule has 1 saturated carbocycles. The van der Waals surface area contributed by atoms with Gasteiger partial charge in [-0.25, -0.2) is 9.18 Å². The Kier molecular flexibility index (Phi) is 7.44. The maximum Gasteiger partial charge on any atom is 0.389 e. The first-order valence-electron chi connectivity index (χ1n) is 12.6. The van der Waals surface area contributed by atoms with Crippen molar-refractivity contribution in [1.29, 1.82) is 0 Å². The first kappa shape index (κ1) is 27.8. The van der Waals surface area contributed by atoms with Crippen molar-refractivity contribution in [3.05, 3.63) is 58.3 Å². The highest BCUT2D eigenvalue weighted by atomic mass is 19.4. The minimum Gasteiger partial charge on any atom is -0.478 e. The number of nitrogens with zero attached hydrogens (tertiary/aromatic N) is 2. The average molecular weight is 539 g/mol. The zero-order valence-corrected chi connectivity index (χ0v) is 20.9. The minimum absolute atomic E-state index is 0.00707. The lowest BCUT2D eigenvalue weighted by molar-refractivity contribution is -0.172. The molecule has 2 N–H and O–H groups in total. The average Bonchev–Trinajstić information content (AvgIpc) is 3.31. The number of amides is 1. The lowest BCUT2D eigenvalue weighted by atomic mass is 9.65. The summed E-state index contributed by atoms with van der Waals surface area (Å²) in [4.78, 5) is 39.4. The van der Waals surface area contributed by atoms with Crippen LogP contribution in [0.2, 0.25) is 0 Å². The van der Waals surface area contributed by atoms with Gasteiger partial charge >= 0.3 is 12.1 Å². The molecule has 1 unspecified atom stereocenters. The van der Waals surface area contributed by atoms with Crippen molar-refractivity contribution in [3.63, 3.8) is 0 Å². The fourth-order valence-electron chi connectivity index (χ4n) is 6.08. The molecule has 1 aromatic heterocycles. The van der Waals surface area contributed by atoms with Gasteiger partial charge in [-0.1, -0.05) is 38.0 Å². The van der Waals surface area contributed by atoms with Gasteiger partial charge in [-0.15, -0.1) is 0 Å². The van der Waals surface area contributed by atoms with E-state index in [4.69, 9.17) is 0 Å². The predicted molar refractivity (Wildman–Crippen MR) is 130 cm³/mol. The molecule has 0 radical (unpaired) electrons. The van der Waals surface area contributed by atoms with Crippen LogP contribution in [-0.4, -0.2) is 56.4 Å². The third kappa shape index (κ3) is 5.34. The second-order valence-electron chi connectivity index (χ2n) is 10.6. The lowest BCUT2D eigenvalue weighted by Crippen LogP contribution is -2.62. The zero-order valence-electron chi connectivity index (χ0n) is 20.9. The van der Waals surface area contributed by atoms with Crippen LogP contribution in [0.15, 0.2) is 41.3 Å². The number of benzene rings is 1. The highest BCUT2D eigenvalue weighted by Crippen LogP contribution is 2.52. The van der Waals surface area contributed by atoms with Crippen LogP contribution in [0.5, 0.6) is 0 Å². The van der Waals surface area contributed by atoms with Gasteiger partial charge in [-0.3, -0.25) is 9.59 Å².